The van der Waals surface area contributed by atoms with Gasteiger partial charge in [0.2, 0.25) is 0 Å². The second kappa shape index (κ2) is 4.89. The van der Waals surface area contributed by atoms with Crippen LogP contribution in [-0.4, -0.2) is 24.4 Å². The second-order valence-electron chi connectivity index (χ2n) is 4.66. The molecule has 3 aromatic rings. The van der Waals surface area contributed by atoms with E-state index in [4.69, 9.17) is 9.47 Å². The molecule has 0 bridgehead atoms. The number of hydrogen-bond donors (Lipinski definition) is 1. The minimum Gasteiger partial charge on any atom is -0.496 e. The van der Waals surface area contributed by atoms with Gasteiger partial charge in [0.15, 0.2) is 0 Å². The highest BCUT2D eigenvalue weighted by atomic mass is 16.5. The molecule has 0 aliphatic carbocycles. The van der Waals surface area contributed by atoms with Crippen LogP contribution in [0.15, 0.2) is 36.4 Å². The van der Waals surface area contributed by atoms with Crippen molar-refractivity contribution in [3.05, 3.63) is 42.0 Å². The molecule has 2 aromatic carbocycles. The summed E-state index contributed by atoms with van der Waals surface area (Å²) in [7, 11) is 3.30. The third kappa shape index (κ3) is 1.90. The smallest absolute Gasteiger partial charge is 0.132 e. The van der Waals surface area contributed by atoms with Crippen LogP contribution < -0.4 is 9.47 Å². The quantitative estimate of drug-likeness (QED) is 0.790. The zero-order valence-electron chi connectivity index (χ0n) is 11.7. The first-order valence-corrected chi connectivity index (χ1v) is 6.40. The van der Waals surface area contributed by atoms with Crippen LogP contribution in [0.4, 0.5) is 0 Å². The predicted molar refractivity (Wildman–Crippen MR) is 79.4 cm³/mol. The maximum atomic E-state index is 5.46. The molecule has 20 heavy (non-hydrogen) atoms. The van der Waals surface area contributed by atoms with Crippen LogP contribution in [0.3, 0.4) is 0 Å². The van der Waals surface area contributed by atoms with Crippen molar-refractivity contribution in [1.82, 2.24) is 10.2 Å². The number of benzene rings is 2. The topological polar surface area (TPSA) is 47.1 Å². The number of aryl methyl sites for hydroxylation is 1. The van der Waals surface area contributed by atoms with Gasteiger partial charge in [0, 0.05) is 5.39 Å². The summed E-state index contributed by atoms with van der Waals surface area (Å²) in [6, 6.07) is 11.9. The first kappa shape index (κ1) is 12.5. The summed E-state index contributed by atoms with van der Waals surface area (Å²) in [5, 5.41) is 8.56. The Morgan fingerprint density at radius 3 is 2.35 bits per heavy atom. The summed E-state index contributed by atoms with van der Waals surface area (Å²) in [5.41, 5.74) is 3.90. The summed E-state index contributed by atoms with van der Waals surface area (Å²) < 4.78 is 10.9. The average molecular weight is 268 g/mol. The summed E-state index contributed by atoms with van der Waals surface area (Å²) in [4.78, 5) is 0. The molecule has 1 aromatic heterocycles. The molecule has 102 valence electrons. The maximum absolute atomic E-state index is 5.46. The van der Waals surface area contributed by atoms with Crippen molar-refractivity contribution in [2.75, 3.05) is 14.2 Å². The van der Waals surface area contributed by atoms with Crippen molar-refractivity contribution >= 4 is 10.9 Å². The van der Waals surface area contributed by atoms with Crippen molar-refractivity contribution in [2.24, 2.45) is 0 Å². The van der Waals surface area contributed by atoms with Gasteiger partial charge in [0.1, 0.15) is 17.2 Å². The van der Waals surface area contributed by atoms with E-state index in [1.165, 1.54) is 5.56 Å². The Hall–Kier alpha value is -2.49. The van der Waals surface area contributed by atoms with E-state index in [0.717, 1.165) is 33.7 Å². The van der Waals surface area contributed by atoms with Gasteiger partial charge in [-0.15, -0.1) is 0 Å². The lowest BCUT2D eigenvalue weighted by Crippen LogP contribution is -1.93. The number of aromatic amines is 1. The fourth-order valence-corrected chi connectivity index (χ4v) is 2.40. The predicted octanol–water partition coefficient (Wildman–Crippen LogP) is 3.56. The Morgan fingerprint density at radius 2 is 1.70 bits per heavy atom. The van der Waals surface area contributed by atoms with Gasteiger partial charge < -0.3 is 9.47 Å². The Balaban J connectivity index is 2.33. The molecule has 0 amide bonds. The summed E-state index contributed by atoms with van der Waals surface area (Å²) in [6.45, 7) is 2.07. The normalized spacial score (nSPS) is 10.8. The van der Waals surface area contributed by atoms with Crippen LogP contribution in [0.2, 0.25) is 0 Å². The number of nitrogens with zero attached hydrogens (tertiary/aromatic N) is 1. The Morgan fingerprint density at radius 1 is 1.00 bits per heavy atom. The maximum Gasteiger partial charge on any atom is 0.132 e. The lowest BCUT2D eigenvalue weighted by Gasteiger charge is -2.11. The molecule has 0 atom stereocenters. The Kier molecular flexibility index (Phi) is 3.06. The molecule has 0 aliphatic rings. The number of rotatable bonds is 3. The third-order valence-electron chi connectivity index (χ3n) is 3.38. The monoisotopic (exact) mass is 268 g/mol. The first-order chi connectivity index (χ1) is 9.74. The van der Waals surface area contributed by atoms with E-state index in [1.54, 1.807) is 14.2 Å². The van der Waals surface area contributed by atoms with E-state index < -0.39 is 0 Å². The van der Waals surface area contributed by atoms with Crippen molar-refractivity contribution in [3.63, 3.8) is 0 Å². The van der Waals surface area contributed by atoms with Crippen molar-refractivity contribution < 1.29 is 9.47 Å². The third-order valence-corrected chi connectivity index (χ3v) is 3.38. The van der Waals surface area contributed by atoms with Gasteiger partial charge in [0.25, 0.3) is 0 Å². The number of ether oxygens (including phenoxy) is 2. The molecular formula is C16H16N2O2. The Bertz CT molecular complexity index is 740. The van der Waals surface area contributed by atoms with Gasteiger partial charge in [-0.1, -0.05) is 17.7 Å². The highest BCUT2D eigenvalue weighted by Gasteiger charge is 2.17. The second-order valence-corrected chi connectivity index (χ2v) is 4.66. The summed E-state index contributed by atoms with van der Waals surface area (Å²) in [5.74, 6) is 1.50. The summed E-state index contributed by atoms with van der Waals surface area (Å²) >= 11 is 0. The van der Waals surface area contributed by atoms with E-state index in [-0.39, 0.29) is 0 Å². The highest BCUT2D eigenvalue weighted by molar-refractivity contribution is 5.96. The molecule has 0 saturated carbocycles. The average Bonchev–Trinajstić information content (AvgIpc) is 2.88. The van der Waals surface area contributed by atoms with Crippen LogP contribution in [-0.2, 0) is 0 Å². The van der Waals surface area contributed by atoms with E-state index in [2.05, 4.69) is 29.3 Å². The molecule has 0 aliphatic heterocycles. The highest BCUT2D eigenvalue weighted by Crippen LogP contribution is 2.40. The van der Waals surface area contributed by atoms with Crippen LogP contribution in [0.25, 0.3) is 22.2 Å². The zero-order valence-corrected chi connectivity index (χ0v) is 11.7. The van der Waals surface area contributed by atoms with Gasteiger partial charge in [-0.05, 0) is 31.2 Å². The fraction of sp³-hybridized carbons (Fsp3) is 0.188. The summed E-state index contributed by atoms with van der Waals surface area (Å²) in [6.07, 6.45) is 0. The van der Waals surface area contributed by atoms with Crippen molar-refractivity contribution in [2.45, 2.75) is 6.92 Å². The first-order valence-electron chi connectivity index (χ1n) is 6.40. The molecule has 1 N–H and O–H groups in total. The van der Waals surface area contributed by atoms with Gasteiger partial charge in [-0.25, -0.2) is 0 Å². The van der Waals surface area contributed by atoms with Crippen LogP contribution in [0, 0.1) is 6.92 Å². The number of aromatic nitrogens is 2. The fourth-order valence-electron chi connectivity index (χ4n) is 2.40. The van der Waals surface area contributed by atoms with Crippen molar-refractivity contribution in [1.29, 1.82) is 0 Å². The molecule has 0 unspecified atom stereocenters. The Labute approximate surface area is 117 Å². The SMILES string of the molecule is COc1cccc(OC)c1-c1n[nH]c2ccc(C)cc12. The molecule has 0 saturated heterocycles. The molecule has 3 rings (SSSR count). The van der Waals surface area contributed by atoms with Crippen molar-refractivity contribution in [3.8, 4) is 22.8 Å². The molecule has 4 heteroatoms. The van der Waals surface area contributed by atoms with E-state index in [9.17, 15) is 0 Å². The molecule has 4 nitrogen and oxygen atoms in total. The molecule has 1 heterocycles. The lowest BCUT2D eigenvalue weighted by atomic mass is 10.0. The van der Waals surface area contributed by atoms with Gasteiger partial charge in [0.05, 0.1) is 25.3 Å². The molecule has 0 radical (unpaired) electrons. The number of fused-ring (bicyclic) bond motifs is 1. The van der Waals surface area contributed by atoms with Crippen LogP contribution >= 0.6 is 0 Å². The van der Waals surface area contributed by atoms with Crippen LogP contribution in [0.1, 0.15) is 5.56 Å². The zero-order chi connectivity index (χ0) is 14.1. The number of nitrogens with one attached hydrogen (secondary N) is 1. The minimum atomic E-state index is 0.749. The lowest BCUT2D eigenvalue weighted by molar-refractivity contribution is 0.397. The number of H-pyrrole nitrogens is 1. The van der Waals surface area contributed by atoms with Gasteiger partial charge >= 0.3 is 0 Å². The van der Waals surface area contributed by atoms with Crippen LogP contribution in [0.5, 0.6) is 11.5 Å². The van der Waals surface area contributed by atoms with Gasteiger partial charge in [-0.3, -0.25) is 5.10 Å². The number of hydrogen-bond acceptors (Lipinski definition) is 3. The van der Waals surface area contributed by atoms with E-state index in [0.29, 0.717) is 0 Å². The van der Waals surface area contributed by atoms with E-state index >= 15 is 0 Å². The standard InChI is InChI=1S/C16H16N2O2/c1-10-7-8-12-11(9-10)16(18-17-12)15-13(19-2)5-4-6-14(15)20-3/h4-9H,1-3H3,(H,17,18). The molecular weight excluding hydrogens is 252 g/mol. The molecule has 0 spiro atoms. The minimum absolute atomic E-state index is 0.749. The van der Waals surface area contributed by atoms with E-state index in [1.807, 2.05) is 24.3 Å². The van der Waals surface area contributed by atoms with Gasteiger partial charge in [-0.2, -0.15) is 5.10 Å². The molecule has 0 fully saturated rings. The number of methoxy groups -OCH3 is 2. The largest absolute Gasteiger partial charge is 0.496 e.